The van der Waals surface area contributed by atoms with Crippen molar-refractivity contribution in [3.8, 4) is 0 Å². The molecule has 0 amide bonds. The Morgan fingerprint density at radius 2 is 1.88 bits per heavy atom. The Morgan fingerprint density at radius 1 is 1.25 bits per heavy atom. The van der Waals surface area contributed by atoms with Crippen LogP contribution in [-0.4, -0.2) is 44.2 Å². The molecule has 0 saturated carbocycles. The largest absolute Gasteiger partial charge is 0.392 e. The van der Waals surface area contributed by atoms with E-state index in [9.17, 15) is 13.5 Å². The number of rotatable bonds is 9. The predicted octanol–water partition coefficient (Wildman–Crippen LogP) is 0.808. The molecule has 0 radical (unpaired) electrons. The van der Waals surface area contributed by atoms with E-state index in [0.29, 0.717) is 25.3 Å². The van der Waals surface area contributed by atoms with Gasteiger partial charge in [0.1, 0.15) is 9.84 Å². The fourth-order valence-corrected chi connectivity index (χ4v) is 2.22. The molecule has 2 N–H and O–H groups in total. The molecule has 0 heterocycles. The van der Waals surface area contributed by atoms with Gasteiger partial charge in [0.15, 0.2) is 0 Å². The minimum atomic E-state index is -2.88. The maximum absolute atomic E-state index is 11.2. The van der Waals surface area contributed by atoms with Crippen molar-refractivity contribution < 1.29 is 13.5 Å². The van der Waals surface area contributed by atoms with Crippen molar-refractivity contribution >= 4 is 9.84 Å². The smallest absolute Gasteiger partial charge is 0.150 e. The van der Waals surface area contributed by atoms with Crippen LogP contribution in [0.1, 0.15) is 33.6 Å². The normalized spacial score (nSPS) is 14.3. The second kappa shape index (κ2) is 8.03. The second-order valence-electron chi connectivity index (χ2n) is 4.58. The van der Waals surface area contributed by atoms with Gasteiger partial charge in [0.05, 0.1) is 11.9 Å². The van der Waals surface area contributed by atoms with Crippen LogP contribution in [0.25, 0.3) is 0 Å². The topological polar surface area (TPSA) is 66.4 Å². The van der Waals surface area contributed by atoms with Crippen LogP contribution in [0.2, 0.25) is 0 Å². The Hall–Kier alpha value is -0.130. The summed E-state index contributed by atoms with van der Waals surface area (Å²) < 4.78 is 22.4. The highest BCUT2D eigenvalue weighted by molar-refractivity contribution is 7.91. The third-order valence-electron chi connectivity index (χ3n) is 2.37. The molecule has 0 aromatic rings. The number of hydrogen-bond donors (Lipinski definition) is 2. The summed E-state index contributed by atoms with van der Waals surface area (Å²) in [6, 6.07) is 0. The van der Waals surface area contributed by atoms with Crippen molar-refractivity contribution in [2.45, 2.75) is 39.7 Å². The molecule has 0 aliphatic rings. The number of nitrogens with one attached hydrogen (secondary N) is 1. The fourth-order valence-electron chi connectivity index (χ4n) is 1.32. The minimum absolute atomic E-state index is 0.185. The predicted molar refractivity (Wildman–Crippen MR) is 67.3 cm³/mol. The van der Waals surface area contributed by atoms with Crippen LogP contribution in [-0.2, 0) is 9.84 Å². The lowest BCUT2D eigenvalue weighted by molar-refractivity contribution is 0.160. The first kappa shape index (κ1) is 15.9. The fraction of sp³-hybridized carbons (Fsp3) is 1.00. The molecule has 0 aromatic carbocycles. The highest BCUT2D eigenvalue weighted by Crippen LogP contribution is 2.01. The Labute approximate surface area is 99.4 Å². The van der Waals surface area contributed by atoms with Gasteiger partial charge in [-0.15, -0.1) is 0 Å². The third-order valence-corrected chi connectivity index (χ3v) is 4.16. The number of aliphatic hydroxyl groups is 1. The van der Waals surface area contributed by atoms with Crippen LogP contribution in [0.5, 0.6) is 0 Å². The molecular formula is C11H25NO3S. The Kier molecular flexibility index (Phi) is 7.97. The summed E-state index contributed by atoms with van der Waals surface area (Å²) in [6.45, 7) is 7.28. The molecule has 4 nitrogen and oxygen atoms in total. The minimum Gasteiger partial charge on any atom is -0.392 e. The summed E-state index contributed by atoms with van der Waals surface area (Å²) >= 11 is 0. The van der Waals surface area contributed by atoms with E-state index in [-0.39, 0.29) is 11.5 Å². The quantitative estimate of drug-likeness (QED) is 0.636. The summed E-state index contributed by atoms with van der Waals surface area (Å²) in [6.07, 6.45) is 0.649. The SMILES string of the molecule is CCS(=O)(=O)CCCC(O)CNCC(C)C. The van der Waals surface area contributed by atoms with Crippen LogP contribution >= 0.6 is 0 Å². The average Bonchev–Trinajstić information content (AvgIpc) is 2.17. The lowest BCUT2D eigenvalue weighted by Crippen LogP contribution is -2.29. The Balaban J connectivity index is 3.55. The maximum Gasteiger partial charge on any atom is 0.150 e. The van der Waals surface area contributed by atoms with Crippen LogP contribution in [0.4, 0.5) is 0 Å². The molecule has 0 rings (SSSR count). The van der Waals surface area contributed by atoms with Crippen molar-refractivity contribution in [1.82, 2.24) is 5.32 Å². The van der Waals surface area contributed by atoms with E-state index >= 15 is 0 Å². The van der Waals surface area contributed by atoms with Gasteiger partial charge in [0.25, 0.3) is 0 Å². The van der Waals surface area contributed by atoms with Gasteiger partial charge in [0.2, 0.25) is 0 Å². The van der Waals surface area contributed by atoms with Gasteiger partial charge in [-0.25, -0.2) is 8.42 Å². The molecule has 0 aliphatic carbocycles. The van der Waals surface area contributed by atoms with E-state index in [1.807, 2.05) is 0 Å². The summed E-state index contributed by atoms with van der Waals surface area (Å²) in [4.78, 5) is 0. The van der Waals surface area contributed by atoms with E-state index in [4.69, 9.17) is 0 Å². The third kappa shape index (κ3) is 9.12. The van der Waals surface area contributed by atoms with Gasteiger partial charge in [-0.2, -0.15) is 0 Å². The van der Waals surface area contributed by atoms with Crippen molar-refractivity contribution in [2.75, 3.05) is 24.6 Å². The molecule has 1 atom stereocenters. The van der Waals surface area contributed by atoms with Crippen LogP contribution < -0.4 is 5.32 Å². The average molecular weight is 251 g/mol. The molecule has 0 spiro atoms. The first-order chi connectivity index (χ1) is 7.37. The number of aliphatic hydroxyl groups excluding tert-OH is 1. The van der Waals surface area contributed by atoms with Crippen LogP contribution in [0.15, 0.2) is 0 Å². The zero-order valence-electron chi connectivity index (χ0n) is 10.6. The van der Waals surface area contributed by atoms with E-state index in [2.05, 4.69) is 19.2 Å². The van der Waals surface area contributed by atoms with Crippen LogP contribution in [0, 0.1) is 5.92 Å². The first-order valence-electron chi connectivity index (χ1n) is 5.96. The van der Waals surface area contributed by atoms with Crippen molar-refractivity contribution in [2.24, 2.45) is 5.92 Å². The molecule has 0 saturated heterocycles. The highest BCUT2D eigenvalue weighted by Gasteiger charge is 2.09. The lowest BCUT2D eigenvalue weighted by Gasteiger charge is -2.12. The van der Waals surface area contributed by atoms with Crippen molar-refractivity contribution in [3.63, 3.8) is 0 Å². The zero-order chi connectivity index (χ0) is 12.6. The van der Waals surface area contributed by atoms with Crippen LogP contribution in [0.3, 0.4) is 0 Å². The molecule has 0 fully saturated rings. The van der Waals surface area contributed by atoms with Gasteiger partial charge >= 0.3 is 0 Å². The molecule has 0 bridgehead atoms. The molecule has 16 heavy (non-hydrogen) atoms. The maximum atomic E-state index is 11.2. The Bertz CT molecular complexity index is 262. The molecule has 98 valence electrons. The Morgan fingerprint density at radius 3 is 2.38 bits per heavy atom. The van der Waals surface area contributed by atoms with Crippen molar-refractivity contribution in [3.05, 3.63) is 0 Å². The van der Waals surface area contributed by atoms with E-state index in [1.54, 1.807) is 6.92 Å². The first-order valence-corrected chi connectivity index (χ1v) is 7.78. The van der Waals surface area contributed by atoms with Crippen molar-refractivity contribution in [1.29, 1.82) is 0 Å². The monoisotopic (exact) mass is 251 g/mol. The summed E-state index contributed by atoms with van der Waals surface area (Å²) in [5.41, 5.74) is 0. The summed E-state index contributed by atoms with van der Waals surface area (Å²) in [5.74, 6) is 0.937. The van der Waals surface area contributed by atoms with E-state index in [1.165, 1.54) is 0 Å². The molecule has 1 unspecified atom stereocenters. The van der Waals surface area contributed by atoms with Gasteiger partial charge in [-0.05, 0) is 25.3 Å². The summed E-state index contributed by atoms with van der Waals surface area (Å²) in [7, 11) is -2.88. The molecule has 5 heteroatoms. The zero-order valence-corrected chi connectivity index (χ0v) is 11.4. The molecular weight excluding hydrogens is 226 g/mol. The number of sulfone groups is 1. The van der Waals surface area contributed by atoms with Gasteiger partial charge in [-0.1, -0.05) is 20.8 Å². The standard InChI is InChI=1S/C11H25NO3S/c1-4-16(14,15)7-5-6-11(13)9-12-8-10(2)3/h10-13H,4-9H2,1-3H3. The summed E-state index contributed by atoms with van der Waals surface area (Å²) in [5, 5.41) is 12.7. The molecule has 0 aromatic heterocycles. The van der Waals surface area contributed by atoms with Gasteiger partial charge < -0.3 is 10.4 Å². The van der Waals surface area contributed by atoms with Gasteiger partial charge in [-0.3, -0.25) is 0 Å². The number of hydrogen-bond acceptors (Lipinski definition) is 4. The van der Waals surface area contributed by atoms with Gasteiger partial charge in [0, 0.05) is 12.3 Å². The van der Waals surface area contributed by atoms with E-state index < -0.39 is 15.9 Å². The molecule has 0 aliphatic heterocycles. The lowest BCUT2D eigenvalue weighted by atomic mass is 10.2. The van der Waals surface area contributed by atoms with E-state index in [0.717, 1.165) is 6.54 Å². The second-order valence-corrected chi connectivity index (χ2v) is 7.06. The highest BCUT2D eigenvalue weighted by atomic mass is 32.2.